The average Bonchev–Trinajstić information content (AvgIpc) is 3.44. The molecule has 0 N–H and O–H groups in total. The Balaban J connectivity index is 4.36. The number of carbonyl (C=O) groups is 3. The van der Waals surface area contributed by atoms with Crippen LogP contribution in [-0.2, 0) is 28.6 Å². The normalized spacial score (nSPS) is 13.1. The van der Waals surface area contributed by atoms with Crippen molar-refractivity contribution >= 4 is 17.9 Å². The second-order valence-corrected chi connectivity index (χ2v) is 20.5. The fraction of sp³-hybridized carbons (Fsp3) is 0.625. The van der Waals surface area contributed by atoms with Crippen LogP contribution in [0.4, 0.5) is 0 Å². The van der Waals surface area contributed by atoms with Gasteiger partial charge in [-0.05, 0) is 141 Å². The van der Waals surface area contributed by atoms with Crippen LogP contribution in [0, 0.1) is 0 Å². The largest absolute Gasteiger partial charge is 0.462 e. The van der Waals surface area contributed by atoms with Crippen LogP contribution in [0.15, 0.2) is 146 Å². The molecule has 0 aromatic carbocycles. The van der Waals surface area contributed by atoms with E-state index in [1.165, 1.54) is 57.8 Å². The molecule has 440 valence electrons. The Kier molecular flexibility index (Phi) is 60.9. The maximum atomic E-state index is 12.9. The van der Waals surface area contributed by atoms with Crippen LogP contribution >= 0.6 is 0 Å². The minimum atomic E-state index is -0.803. The van der Waals surface area contributed by atoms with Gasteiger partial charge in [0.05, 0.1) is 0 Å². The van der Waals surface area contributed by atoms with Crippen LogP contribution < -0.4 is 0 Å². The van der Waals surface area contributed by atoms with Crippen LogP contribution in [-0.4, -0.2) is 37.2 Å². The van der Waals surface area contributed by atoms with Gasteiger partial charge >= 0.3 is 17.9 Å². The summed E-state index contributed by atoms with van der Waals surface area (Å²) in [5, 5.41) is 0. The lowest BCUT2D eigenvalue weighted by Gasteiger charge is -2.18. The van der Waals surface area contributed by atoms with Crippen LogP contribution in [0.1, 0.15) is 271 Å². The van der Waals surface area contributed by atoms with E-state index in [4.69, 9.17) is 14.2 Å². The molecule has 0 aliphatic rings. The molecular formula is C72H116O6. The van der Waals surface area contributed by atoms with Gasteiger partial charge in [0.1, 0.15) is 13.2 Å². The highest BCUT2D eigenvalue weighted by atomic mass is 16.6. The Morgan fingerprint density at radius 2 is 0.500 bits per heavy atom. The molecule has 0 aromatic heterocycles. The summed E-state index contributed by atoms with van der Waals surface area (Å²) in [6.45, 7) is 6.37. The summed E-state index contributed by atoms with van der Waals surface area (Å²) in [4.78, 5) is 38.3. The van der Waals surface area contributed by atoms with Gasteiger partial charge in [-0.3, -0.25) is 14.4 Å². The SMILES string of the molecule is CC/C=C\C/C=C\C/C=C\C/C=C\C/C=C\C/C=C\C/C=C\C/C=C\CCCCCCCCC(=O)OCC(COC(=O)CCCCCCC/C=C\CCCCCCC)OC(=O)CCCCCCC/C=C\C/C=C\C/C=C\CC. The Hall–Kier alpha value is -4.71. The number of unbranched alkanes of at least 4 members (excludes halogenated alkanes) is 21. The summed E-state index contributed by atoms with van der Waals surface area (Å²) in [5.41, 5.74) is 0. The van der Waals surface area contributed by atoms with E-state index in [2.05, 4.69) is 167 Å². The van der Waals surface area contributed by atoms with Gasteiger partial charge in [0.15, 0.2) is 6.10 Å². The quantitative estimate of drug-likeness (QED) is 0.0261. The molecule has 1 unspecified atom stereocenters. The van der Waals surface area contributed by atoms with E-state index >= 15 is 0 Å². The first-order valence-electron chi connectivity index (χ1n) is 31.8. The standard InChI is InChI=1S/C72H116O6/c1-4-7-10-13-16-19-22-25-28-29-30-31-32-33-34-35-36-37-38-39-40-41-42-43-45-47-50-53-56-59-62-65-71(74)77-68-69(67-76-70(73)64-61-58-55-52-49-46-27-24-21-18-15-12-9-6-3)78-72(75)66-63-60-57-54-51-48-44-26-23-20-17-14-11-8-5-2/h7-8,10-11,16-17,19-20,24-28,30-31,33-34,36-37,39-40,42-44,69H,4-6,9,12-15,18,21-23,29,32,35,38,41,45-68H2,1-3H3/b10-7-,11-8-,19-16-,20-17-,27-24-,28-25-,31-30-,34-33-,37-36-,40-39-,43-42-,44-26-. The zero-order chi connectivity index (χ0) is 56.4. The molecule has 0 aliphatic heterocycles. The second-order valence-electron chi connectivity index (χ2n) is 20.5. The van der Waals surface area contributed by atoms with Gasteiger partial charge in [-0.2, -0.15) is 0 Å². The van der Waals surface area contributed by atoms with Crippen molar-refractivity contribution in [2.45, 2.75) is 277 Å². The summed E-state index contributed by atoms with van der Waals surface area (Å²) in [5.74, 6) is -0.940. The molecule has 78 heavy (non-hydrogen) atoms. The molecule has 0 saturated heterocycles. The van der Waals surface area contributed by atoms with Crippen molar-refractivity contribution in [3.8, 4) is 0 Å². The van der Waals surface area contributed by atoms with Crippen LogP contribution in [0.2, 0.25) is 0 Å². The van der Waals surface area contributed by atoms with Gasteiger partial charge in [-0.1, -0.05) is 256 Å². The summed E-state index contributed by atoms with van der Waals surface area (Å²) >= 11 is 0. The second kappa shape index (κ2) is 64.8. The Labute approximate surface area is 480 Å². The van der Waals surface area contributed by atoms with Gasteiger partial charge in [0, 0.05) is 19.3 Å². The van der Waals surface area contributed by atoms with Crippen molar-refractivity contribution in [1.29, 1.82) is 0 Å². The highest BCUT2D eigenvalue weighted by Gasteiger charge is 2.19. The van der Waals surface area contributed by atoms with E-state index < -0.39 is 6.10 Å². The van der Waals surface area contributed by atoms with E-state index in [0.29, 0.717) is 19.3 Å². The first-order valence-corrected chi connectivity index (χ1v) is 31.8. The predicted octanol–water partition coefficient (Wildman–Crippen LogP) is 21.9. The zero-order valence-electron chi connectivity index (χ0n) is 50.4. The maximum Gasteiger partial charge on any atom is 0.306 e. The minimum absolute atomic E-state index is 0.0982. The summed E-state index contributed by atoms with van der Waals surface area (Å²) in [7, 11) is 0. The van der Waals surface area contributed by atoms with E-state index in [-0.39, 0.29) is 31.1 Å². The molecule has 0 saturated carbocycles. The third-order valence-electron chi connectivity index (χ3n) is 13.1. The monoisotopic (exact) mass is 1080 g/mol. The van der Waals surface area contributed by atoms with E-state index in [1.807, 2.05) is 0 Å². The molecule has 0 spiro atoms. The number of ether oxygens (including phenoxy) is 3. The molecule has 0 radical (unpaired) electrons. The van der Waals surface area contributed by atoms with E-state index in [0.717, 1.165) is 173 Å². The fourth-order valence-electron chi connectivity index (χ4n) is 8.35. The van der Waals surface area contributed by atoms with Gasteiger partial charge in [0.25, 0.3) is 0 Å². The summed E-state index contributed by atoms with van der Waals surface area (Å²) in [6.07, 6.45) is 92.8. The first-order chi connectivity index (χ1) is 38.5. The smallest absolute Gasteiger partial charge is 0.306 e. The number of hydrogen-bond acceptors (Lipinski definition) is 6. The molecule has 0 rings (SSSR count). The van der Waals surface area contributed by atoms with Crippen LogP contribution in [0.3, 0.4) is 0 Å². The number of hydrogen-bond donors (Lipinski definition) is 0. The third-order valence-corrected chi connectivity index (χ3v) is 13.1. The van der Waals surface area contributed by atoms with Gasteiger partial charge in [-0.25, -0.2) is 0 Å². The highest BCUT2D eigenvalue weighted by Crippen LogP contribution is 2.14. The third kappa shape index (κ3) is 62.1. The maximum absolute atomic E-state index is 12.9. The van der Waals surface area contributed by atoms with Crippen molar-refractivity contribution in [3.05, 3.63) is 146 Å². The van der Waals surface area contributed by atoms with Crippen molar-refractivity contribution in [1.82, 2.24) is 0 Å². The number of carbonyl (C=O) groups excluding carboxylic acids is 3. The molecule has 0 heterocycles. The minimum Gasteiger partial charge on any atom is -0.462 e. The van der Waals surface area contributed by atoms with Gasteiger partial charge < -0.3 is 14.2 Å². The molecule has 0 aromatic rings. The van der Waals surface area contributed by atoms with Gasteiger partial charge in [-0.15, -0.1) is 0 Å². The molecule has 0 amide bonds. The van der Waals surface area contributed by atoms with Crippen LogP contribution in [0.25, 0.3) is 0 Å². The van der Waals surface area contributed by atoms with Crippen LogP contribution in [0.5, 0.6) is 0 Å². The lowest BCUT2D eigenvalue weighted by atomic mass is 10.1. The summed E-state index contributed by atoms with van der Waals surface area (Å²) < 4.78 is 16.9. The van der Waals surface area contributed by atoms with Gasteiger partial charge in [0.2, 0.25) is 0 Å². The number of allylic oxidation sites excluding steroid dienone is 24. The fourth-order valence-corrected chi connectivity index (χ4v) is 8.35. The molecule has 6 heteroatoms. The molecule has 0 aliphatic carbocycles. The molecule has 6 nitrogen and oxygen atoms in total. The molecule has 1 atom stereocenters. The van der Waals surface area contributed by atoms with Crippen molar-refractivity contribution in [2.75, 3.05) is 13.2 Å². The highest BCUT2D eigenvalue weighted by molar-refractivity contribution is 5.71. The molecule has 0 bridgehead atoms. The first kappa shape index (κ1) is 73.3. The lowest BCUT2D eigenvalue weighted by molar-refractivity contribution is -0.167. The number of esters is 3. The Bertz CT molecular complexity index is 1710. The predicted molar refractivity (Wildman–Crippen MR) is 339 cm³/mol. The van der Waals surface area contributed by atoms with E-state index in [1.54, 1.807) is 0 Å². The van der Waals surface area contributed by atoms with E-state index in [9.17, 15) is 14.4 Å². The summed E-state index contributed by atoms with van der Waals surface area (Å²) in [6, 6.07) is 0. The Morgan fingerprint density at radius 3 is 0.795 bits per heavy atom. The molecular weight excluding hydrogens is 961 g/mol. The molecule has 0 fully saturated rings. The van der Waals surface area contributed by atoms with Crippen molar-refractivity contribution in [2.24, 2.45) is 0 Å². The lowest BCUT2D eigenvalue weighted by Crippen LogP contribution is -2.30. The average molecular weight is 1080 g/mol. The van der Waals surface area contributed by atoms with Crippen molar-refractivity contribution in [3.63, 3.8) is 0 Å². The Morgan fingerprint density at radius 1 is 0.269 bits per heavy atom. The topological polar surface area (TPSA) is 78.9 Å². The van der Waals surface area contributed by atoms with Crippen molar-refractivity contribution < 1.29 is 28.6 Å². The number of rotatable bonds is 56. The zero-order valence-corrected chi connectivity index (χ0v) is 50.4.